The lowest BCUT2D eigenvalue weighted by Crippen LogP contribution is -1.96. The summed E-state index contributed by atoms with van der Waals surface area (Å²) >= 11 is 5.42. The van der Waals surface area contributed by atoms with Crippen LogP contribution in [0.25, 0.3) is 0 Å². The first kappa shape index (κ1) is 8.79. The van der Waals surface area contributed by atoms with Crippen LogP contribution in [0.15, 0.2) is 12.2 Å². The fourth-order valence-electron chi connectivity index (χ4n) is 1.68. The van der Waals surface area contributed by atoms with Crippen LogP contribution in [0.2, 0.25) is 0 Å². The van der Waals surface area contributed by atoms with E-state index in [0.29, 0.717) is 5.92 Å². The fraction of sp³-hybridized carbons (Fsp3) is 0.667. The first-order chi connectivity index (χ1) is 5.01. The van der Waals surface area contributed by atoms with Gasteiger partial charge in [0.2, 0.25) is 5.24 Å². The van der Waals surface area contributed by atoms with Crippen molar-refractivity contribution in [3.8, 4) is 0 Å². The van der Waals surface area contributed by atoms with Gasteiger partial charge < -0.3 is 0 Å². The Hall–Kier alpha value is -0.300. The molecular weight excluding hydrogens is 160 g/mol. The highest BCUT2D eigenvalue weighted by molar-refractivity contribution is 6.64. The number of carbonyl (C=O) groups excluding carboxylic acids is 1. The van der Waals surface area contributed by atoms with Crippen LogP contribution >= 0.6 is 11.6 Å². The van der Waals surface area contributed by atoms with Crippen molar-refractivity contribution in [3.63, 3.8) is 0 Å². The summed E-state index contributed by atoms with van der Waals surface area (Å²) in [5, 5.41) is -0.196. The second-order valence-electron chi connectivity index (χ2n) is 3.65. The van der Waals surface area contributed by atoms with E-state index in [1.54, 1.807) is 0 Å². The molecule has 0 aromatic carbocycles. The number of allylic oxidation sites excluding steroid dienone is 2. The molecule has 0 amide bonds. The standard InChI is InChI=1S/C9H13ClO/c1-4-5-6-7(8(10)11)9(6,2)3/h4-7H,1-3H3/b5-4-/t6-,7+/m0/s1. The maximum absolute atomic E-state index is 10.8. The van der Waals surface area contributed by atoms with Gasteiger partial charge in [0.1, 0.15) is 0 Å². The lowest BCUT2D eigenvalue weighted by atomic mass is 10.1. The molecule has 0 saturated heterocycles. The van der Waals surface area contributed by atoms with Crippen molar-refractivity contribution in [3.05, 3.63) is 12.2 Å². The van der Waals surface area contributed by atoms with Gasteiger partial charge in [-0.1, -0.05) is 26.0 Å². The molecule has 1 saturated carbocycles. The van der Waals surface area contributed by atoms with Crippen LogP contribution in [-0.2, 0) is 4.79 Å². The van der Waals surface area contributed by atoms with Crippen molar-refractivity contribution < 1.29 is 4.79 Å². The van der Waals surface area contributed by atoms with E-state index in [1.165, 1.54) is 0 Å². The minimum Gasteiger partial charge on any atom is -0.281 e. The van der Waals surface area contributed by atoms with Crippen molar-refractivity contribution >= 4 is 16.8 Å². The first-order valence-corrected chi connectivity index (χ1v) is 4.21. The third-order valence-corrected chi connectivity index (χ3v) is 2.79. The van der Waals surface area contributed by atoms with Crippen LogP contribution in [0.1, 0.15) is 20.8 Å². The van der Waals surface area contributed by atoms with Gasteiger partial charge in [0, 0.05) is 5.92 Å². The van der Waals surface area contributed by atoms with Gasteiger partial charge in [-0.25, -0.2) is 0 Å². The molecule has 11 heavy (non-hydrogen) atoms. The first-order valence-electron chi connectivity index (χ1n) is 3.84. The largest absolute Gasteiger partial charge is 0.281 e. The highest BCUT2D eigenvalue weighted by Gasteiger charge is 2.59. The van der Waals surface area contributed by atoms with E-state index < -0.39 is 0 Å². The number of rotatable bonds is 2. The van der Waals surface area contributed by atoms with Gasteiger partial charge in [0.05, 0.1) is 0 Å². The van der Waals surface area contributed by atoms with Gasteiger partial charge in [0.15, 0.2) is 0 Å². The Labute approximate surface area is 72.4 Å². The maximum Gasteiger partial charge on any atom is 0.225 e. The summed E-state index contributed by atoms with van der Waals surface area (Å²) < 4.78 is 0. The van der Waals surface area contributed by atoms with Gasteiger partial charge in [-0.2, -0.15) is 0 Å². The van der Waals surface area contributed by atoms with Gasteiger partial charge in [-0.15, -0.1) is 0 Å². The maximum atomic E-state index is 10.8. The minimum atomic E-state index is -0.196. The molecule has 2 atom stereocenters. The van der Waals surface area contributed by atoms with E-state index in [4.69, 9.17) is 11.6 Å². The molecule has 1 aliphatic rings. The highest BCUT2D eigenvalue weighted by Crippen LogP contribution is 2.59. The Bertz CT molecular complexity index is 206. The van der Waals surface area contributed by atoms with E-state index in [2.05, 4.69) is 19.9 Å². The molecular formula is C9H13ClO. The molecule has 1 rings (SSSR count). The van der Waals surface area contributed by atoms with E-state index in [0.717, 1.165) is 0 Å². The Morgan fingerprint density at radius 3 is 2.36 bits per heavy atom. The summed E-state index contributed by atoms with van der Waals surface area (Å²) in [6.45, 7) is 6.11. The van der Waals surface area contributed by atoms with Crippen LogP contribution in [0.3, 0.4) is 0 Å². The zero-order valence-corrected chi connectivity index (χ0v) is 7.85. The molecule has 0 N–H and O–H groups in total. The molecule has 0 bridgehead atoms. The van der Waals surface area contributed by atoms with E-state index in [9.17, 15) is 4.79 Å². The summed E-state index contributed by atoms with van der Waals surface area (Å²) in [6, 6.07) is 0. The lowest BCUT2D eigenvalue weighted by molar-refractivity contribution is -0.113. The van der Waals surface area contributed by atoms with Crippen LogP contribution in [0.4, 0.5) is 0 Å². The summed E-state index contributed by atoms with van der Waals surface area (Å²) in [7, 11) is 0. The quantitative estimate of drug-likeness (QED) is 0.462. The molecule has 0 heterocycles. The molecule has 0 aliphatic heterocycles. The van der Waals surface area contributed by atoms with Crippen LogP contribution in [0, 0.1) is 17.3 Å². The fourth-order valence-corrected chi connectivity index (χ4v) is 2.09. The van der Waals surface area contributed by atoms with Gasteiger partial charge in [0.25, 0.3) is 0 Å². The van der Waals surface area contributed by atoms with E-state index >= 15 is 0 Å². The third kappa shape index (κ3) is 1.34. The molecule has 0 radical (unpaired) electrons. The third-order valence-electron chi connectivity index (χ3n) is 2.55. The predicted octanol–water partition coefficient (Wildman–Crippen LogP) is 2.60. The number of carbonyl (C=O) groups is 1. The predicted molar refractivity (Wildman–Crippen MR) is 46.4 cm³/mol. The van der Waals surface area contributed by atoms with Crippen molar-refractivity contribution in [2.45, 2.75) is 20.8 Å². The number of halogens is 1. The van der Waals surface area contributed by atoms with Gasteiger partial charge in [-0.05, 0) is 29.9 Å². The van der Waals surface area contributed by atoms with Crippen molar-refractivity contribution in [1.29, 1.82) is 0 Å². The Balaban J connectivity index is 2.68. The highest BCUT2D eigenvalue weighted by atomic mass is 35.5. The smallest absolute Gasteiger partial charge is 0.225 e. The van der Waals surface area contributed by atoms with Crippen molar-refractivity contribution in [2.24, 2.45) is 17.3 Å². The van der Waals surface area contributed by atoms with Crippen LogP contribution in [0.5, 0.6) is 0 Å². The normalized spacial score (nSPS) is 34.2. The average molecular weight is 173 g/mol. The Morgan fingerprint density at radius 1 is 1.55 bits per heavy atom. The van der Waals surface area contributed by atoms with Crippen LogP contribution < -0.4 is 0 Å². The minimum absolute atomic E-state index is 0.0420. The molecule has 62 valence electrons. The molecule has 0 aromatic rings. The molecule has 0 aromatic heterocycles. The zero-order chi connectivity index (χ0) is 8.65. The van der Waals surface area contributed by atoms with Crippen LogP contribution in [-0.4, -0.2) is 5.24 Å². The zero-order valence-electron chi connectivity index (χ0n) is 7.10. The molecule has 1 nitrogen and oxygen atoms in total. The molecule has 1 fully saturated rings. The topological polar surface area (TPSA) is 17.1 Å². The molecule has 0 unspecified atom stereocenters. The number of hydrogen-bond donors (Lipinski definition) is 0. The summed E-state index contributed by atoms with van der Waals surface area (Å²) in [5.74, 6) is 0.401. The van der Waals surface area contributed by atoms with E-state index in [1.807, 2.05) is 13.0 Å². The summed E-state index contributed by atoms with van der Waals surface area (Å²) in [5.41, 5.74) is 0.0886. The van der Waals surface area contributed by atoms with E-state index in [-0.39, 0.29) is 16.6 Å². The summed E-state index contributed by atoms with van der Waals surface area (Å²) in [6.07, 6.45) is 4.04. The number of hydrogen-bond acceptors (Lipinski definition) is 1. The molecule has 2 heteroatoms. The SMILES string of the molecule is C/C=C\[C@H]1[C@H](C(=O)Cl)C1(C)C. The van der Waals surface area contributed by atoms with Crippen molar-refractivity contribution in [1.82, 2.24) is 0 Å². The van der Waals surface area contributed by atoms with Gasteiger partial charge >= 0.3 is 0 Å². The monoisotopic (exact) mass is 172 g/mol. The Morgan fingerprint density at radius 2 is 2.09 bits per heavy atom. The van der Waals surface area contributed by atoms with Crippen molar-refractivity contribution in [2.75, 3.05) is 0 Å². The molecule has 1 aliphatic carbocycles. The lowest BCUT2D eigenvalue weighted by Gasteiger charge is -1.95. The van der Waals surface area contributed by atoms with Gasteiger partial charge in [-0.3, -0.25) is 4.79 Å². The second-order valence-corrected chi connectivity index (χ2v) is 4.03. The second kappa shape index (κ2) is 2.63. The Kier molecular flexibility index (Phi) is 2.10. The molecule has 0 spiro atoms. The summed E-state index contributed by atoms with van der Waals surface area (Å²) in [4.78, 5) is 10.8. The average Bonchev–Trinajstić information content (AvgIpc) is 2.35.